The Hall–Kier alpha value is -3.68. The van der Waals surface area contributed by atoms with E-state index in [1.165, 1.54) is 18.2 Å². The van der Waals surface area contributed by atoms with Crippen LogP contribution in [-0.2, 0) is 11.3 Å². The van der Waals surface area contributed by atoms with Gasteiger partial charge in [-0.05, 0) is 42.0 Å². The fourth-order valence-electron chi connectivity index (χ4n) is 2.73. The minimum absolute atomic E-state index is 0.275. The van der Waals surface area contributed by atoms with Gasteiger partial charge < -0.3 is 19.9 Å². The van der Waals surface area contributed by atoms with Crippen molar-refractivity contribution in [2.24, 2.45) is 0 Å². The molecule has 0 spiro atoms. The van der Waals surface area contributed by atoms with Crippen LogP contribution >= 0.6 is 0 Å². The molecule has 0 aliphatic rings. The molecule has 3 aromatic rings. The van der Waals surface area contributed by atoms with Crippen LogP contribution in [0.4, 0.5) is 18.9 Å². The quantitative estimate of drug-likeness (QED) is 0.514. The van der Waals surface area contributed by atoms with Crippen LogP contribution < -0.4 is 14.8 Å². The van der Waals surface area contributed by atoms with E-state index >= 15 is 0 Å². The first-order valence-electron chi connectivity index (χ1n) is 8.93. The Bertz CT molecular complexity index is 976. The van der Waals surface area contributed by atoms with Crippen LogP contribution in [0.1, 0.15) is 17.2 Å². The van der Waals surface area contributed by atoms with Gasteiger partial charge in [0.2, 0.25) is 6.10 Å². The Kier molecular flexibility index (Phi) is 6.46. The molecule has 8 heteroatoms. The van der Waals surface area contributed by atoms with Crippen LogP contribution in [0.2, 0.25) is 0 Å². The molecular formula is C22H18F3NO4. The van der Waals surface area contributed by atoms with Crippen LogP contribution in [-0.4, -0.2) is 17.4 Å². The van der Waals surface area contributed by atoms with Gasteiger partial charge in [-0.25, -0.2) is 4.79 Å². The summed E-state index contributed by atoms with van der Waals surface area (Å²) in [5.41, 5.74) is 1.82. The number of alkyl halides is 3. The topological polar surface area (TPSA) is 67.8 Å². The van der Waals surface area contributed by atoms with Crippen molar-refractivity contribution < 1.29 is 32.5 Å². The minimum Gasteiger partial charge on any atom is -0.478 e. The third-order valence-electron chi connectivity index (χ3n) is 4.06. The van der Waals surface area contributed by atoms with Crippen molar-refractivity contribution in [1.29, 1.82) is 0 Å². The first-order valence-corrected chi connectivity index (χ1v) is 8.93. The summed E-state index contributed by atoms with van der Waals surface area (Å²) in [6.07, 6.45) is -5.88. The molecule has 1 atom stereocenters. The lowest BCUT2D eigenvalue weighted by molar-refractivity contribution is -0.274. The predicted octanol–water partition coefficient (Wildman–Crippen LogP) is 5.40. The van der Waals surface area contributed by atoms with Gasteiger partial charge in [0.05, 0.1) is 0 Å². The molecule has 0 fully saturated rings. The second-order valence-corrected chi connectivity index (χ2v) is 6.32. The highest BCUT2D eigenvalue weighted by Crippen LogP contribution is 2.25. The summed E-state index contributed by atoms with van der Waals surface area (Å²) in [6, 6.07) is 20.9. The molecule has 0 bridgehead atoms. The van der Waals surface area contributed by atoms with E-state index in [2.05, 4.69) is 10.1 Å². The van der Waals surface area contributed by atoms with Crippen LogP contribution in [0.15, 0.2) is 78.9 Å². The molecule has 0 aromatic heterocycles. The average molecular weight is 417 g/mol. The zero-order chi connectivity index (χ0) is 21.6. The van der Waals surface area contributed by atoms with E-state index < -0.39 is 18.4 Å². The molecular weight excluding hydrogens is 399 g/mol. The third kappa shape index (κ3) is 6.16. The van der Waals surface area contributed by atoms with Gasteiger partial charge in [0.15, 0.2) is 0 Å². The number of carboxylic acid groups (broad SMARTS) is 1. The summed E-state index contributed by atoms with van der Waals surface area (Å²) < 4.78 is 46.5. The van der Waals surface area contributed by atoms with Crippen LogP contribution in [0, 0.1) is 0 Å². The molecule has 0 aliphatic heterocycles. The van der Waals surface area contributed by atoms with Gasteiger partial charge >= 0.3 is 12.3 Å². The Morgan fingerprint density at radius 2 is 1.63 bits per heavy atom. The van der Waals surface area contributed by atoms with E-state index in [0.29, 0.717) is 22.6 Å². The maximum absolute atomic E-state index is 12.3. The van der Waals surface area contributed by atoms with Crippen molar-refractivity contribution in [3.63, 3.8) is 0 Å². The summed E-state index contributed by atoms with van der Waals surface area (Å²) in [5.74, 6) is -1.02. The number of aliphatic carboxylic acids is 1. The second kappa shape index (κ2) is 9.21. The number of hydrogen-bond donors (Lipinski definition) is 2. The number of halogens is 3. The van der Waals surface area contributed by atoms with E-state index in [-0.39, 0.29) is 12.3 Å². The summed E-state index contributed by atoms with van der Waals surface area (Å²) in [5, 5.41) is 12.5. The molecule has 30 heavy (non-hydrogen) atoms. The fourth-order valence-corrected chi connectivity index (χ4v) is 2.73. The van der Waals surface area contributed by atoms with Gasteiger partial charge in [-0.2, -0.15) is 0 Å². The molecule has 0 radical (unpaired) electrons. The SMILES string of the molecule is O=C(O)[C@@H](Oc1ccc(NCc2cccc(OC(F)(F)F)c2)cc1)c1ccccc1. The second-order valence-electron chi connectivity index (χ2n) is 6.32. The van der Waals surface area contributed by atoms with Crippen molar-refractivity contribution >= 4 is 11.7 Å². The maximum atomic E-state index is 12.3. The number of rotatable bonds is 8. The van der Waals surface area contributed by atoms with Crippen molar-refractivity contribution in [2.75, 3.05) is 5.32 Å². The van der Waals surface area contributed by atoms with Gasteiger partial charge in [0.25, 0.3) is 0 Å². The predicted molar refractivity (Wildman–Crippen MR) is 104 cm³/mol. The summed E-state index contributed by atoms with van der Waals surface area (Å²) in [4.78, 5) is 11.5. The standard InChI is InChI=1S/C22H18F3NO4/c23-22(24,25)30-19-8-4-5-15(13-19)14-26-17-9-11-18(12-10-17)29-20(21(27)28)16-6-2-1-3-7-16/h1-13,20,26H,14H2,(H,27,28)/t20-/m0/s1. The highest BCUT2D eigenvalue weighted by Gasteiger charge is 2.31. The van der Waals surface area contributed by atoms with E-state index in [1.54, 1.807) is 60.7 Å². The Balaban J connectivity index is 1.61. The minimum atomic E-state index is -4.74. The monoisotopic (exact) mass is 417 g/mol. The maximum Gasteiger partial charge on any atom is 0.573 e. The van der Waals surface area contributed by atoms with Crippen molar-refractivity contribution in [1.82, 2.24) is 0 Å². The average Bonchev–Trinajstić information content (AvgIpc) is 2.71. The van der Waals surface area contributed by atoms with Crippen LogP contribution in [0.25, 0.3) is 0 Å². The van der Waals surface area contributed by atoms with E-state index in [1.807, 2.05) is 0 Å². The molecule has 2 N–H and O–H groups in total. The smallest absolute Gasteiger partial charge is 0.478 e. The Morgan fingerprint density at radius 1 is 0.933 bits per heavy atom. The molecule has 5 nitrogen and oxygen atoms in total. The molecule has 0 amide bonds. The number of carbonyl (C=O) groups is 1. The molecule has 0 heterocycles. The van der Waals surface area contributed by atoms with Crippen molar-refractivity contribution in [3.05, 3.63) is 90.0 Å². The van der Waals surface area contributed by atoms with Crippen molar-refractivity contribution in [2.45, 2.75) is 19.0 Å². The number of anilines is 1. The van der Waals surface area contributed by atoms with Gasteiger partial charge in [-0.15, -0.1) is 13.2 Å². The Morgan fingerprint density at radius 3 is 2.27 bits per heavy atom. The number of carboxylic acids is 1. The summed E-state index contributed by atoms with van der Waals surface area (Å²) >= 11 is 0. The highest BCUT2D eigenvalue weighted by molar-refractivity contribution is 5.74. The molecule has 3 rings (SSSR count). The number of nitrogens with one attached hydrogen (secondary N) is 1. The van der Waals surface area contributed by atoms with Gasteiger partial charge in [0.1, 0.15) is 11.5 Å². The Labute approximate surface area is 170 Å². The highest BCUT2D eigenvalue weighted by atomic mass is 19.4. The molecule has 0 saturated heterocycles. The molecule has 0 saturated carbocycles. The first kappa shape index (κ1) is 21.0. The third-order valence-corrected chi connectivity index (χ3v) is 4.06. The van der Waals surface area contributed by atoms with Gasteiger partial charge in [-0.3, -0.25) is 0 Å². The zero-order valence-corrected chi connectivity index (χ0v) is 15.6. The van der Waals surface area contributed by atoms with E-state index in [4.69, 9.17) is 4.74 Å². The van der Waals surface area contributed by atoms with Crippen LogP contribution in [0.3, 0.4) is 0 Å². The summed E-state index contributed by atoms with van der Waals surface area (Å²) in [6.45, 7) is 0.275. The van der Waals surface area contributed by atoms with Gasteiger partial charge in [0, 0.05) is 17.8 Å². The number of ether oxygens (including phenoxy) is 2. The van der Waals surface area contributed by atoms with Crippen molar-refractivity contribution in [3.8, 4) is 11.5 Å². The van der Waals surface area contributed by atoms with Gasteiger partial charge in [-0.1, -0.05) is 42.5 Å². The first-order chi connectivity index (χ1) is 14.3. The van der Waals surface area contributed by atoms with E-state index in [9.17, 15) is 23.1 Å². The lowest BCUT2D eigenvalue weighted by atomic mass is 10.1. The van der Waals surface area contributed by atoms with Crippen LogP contribution in [0.5, 0.6) is 11.5 Å². The zero-order valence-electron chi connectivity index (χ0n) is 15.6. The number of hydrogen-bond acceptors (Lipinski definition) is 4. The molecule has 0 unspecified atom stereocenters. The lowest BCUT2D eigenvalue weighted by Gasteiger charge is -2.16. The number of benzene rings is 3. The fraction of sp³-hybridized carbons (Fsp3) is 0.136. The van der Waals surface area contributed by atoms with E-state index in [0.717, 1.165) is 0 Å². The molecule has 3 aromatic carbocycles. The lowest BCUT2D eigenvalue weighted by Crippen LogP contribution is -2.18. The molecule has 156 valence electrons. The normalized spacial score (nSPS) is 12.1. The molecule has 0 aliphatic carbocycles. The summed E-state index contributed by atoms with van der Waals surface area (Å²) in [7, 11) is 0. The largest absolute Gasteiger partial charge is 0.573 e.